The number of aromatic nitrogens is 3. The lowest BCUT2D eigenvalue weighted by atomic mass is 9.74. The molecule has 0 spiro atoms. The Morgan fingerprint density at radius 3 is 1.89 bits per heavy atom. The maximum Gasteiger partial charge on any atom is 0.167 e. The van der Waals surface area contributed by atoms with Gasteiger partial charge in [-0.1, -0.05) is 164 Å². The van der Waals surface area contributed by atoms with Gasteiger partial charge in [-0.15, -0.1) is 0 Å². The van der Waals surface area contributed by atoms with Crippen LogP contribution in [0, 0.1) is 0 Å². The molecular weight excluding hydrogens is 671 g/mol. The van der Waals surface area contributed by atoms with Crippen molar-refractivity contribution in [2.45, 2.75) is 12.3 Å². The molecule has 1 aliphatic carbocycles. The molecule has 258 valence electrons. The van der Waals surface area contributed by atoms with Crippen molar-refractivity contribution in [1.29, 1.82) is 0 Å². The predicted molar refractivity (Wildman–Crippen MR) is 224 cm³/mol. The SMILES string of the molecule is CC1(c2ccccc2)c2ccccc2-c2c(-c3ccc4oc5c(-c6nc(-c7ccccc7)nc(-c7cccc8ccccc78)n6)cccc5c4c3)cccc21. The lowest BCUT2D eigenvalue weighted by Gasteiger charge is -2.28. The molecule has 2 heterocycles. The molecule has 4 heteroatoms. The average Bonchev–Trinajstić information content (AvgIpc) is 3.77. The maximum atomic E-state index is 6.73. The molecule has 0 N–H and O–H groups in total. The van der Waals surface area contributed by atoms with Crippen LogP contribution in [-0.4, -0.2) is 15.0 Å². The normalized spacial score (nSPS) is 14.7. The number of furan rings is 1. The summed E-state index contributed by atoms with van der Waals surface area (Å²) in [5.74, 6) is 1.81. The minimum absolute atomic E-state index is 0.265. The predicted octanol–water partition coefficient (Wildman–Crippen LogP) is 12.9. The summed E-state index contributed by atoms with van der Waals surface area (Å²) in [7, 11) is 0. The second kappa shape index (κ2) is 12.2. The monoisotopic (exact) mass is 703 g/mol. The molecule has 0 bridgehead atoms. The molecule has 1 aliphatic rings. The highest BCUT2D eigenvalue weighted by atomic mass is 16.3. The molecule has 0 fully saturated rings. The van der Waals surface area contributed by atoms with E-state index in [1.807, 2.05) is 36.4 Å². The van der Waals surface area contributed by atoms with Gasteiger partial charge in [0.25, 0.3) is 0 Å². The van der Waals surface area contributed by atoms with Crippen LogP contribution in [0.4, 0.5) is 0 Å². The summed E-state index contributed by atoms with van der Waals surface area (Å²) in [6.07, 6.45) is 0. The number of para-hydroxylation sites is 1. The second-order valence-electron chi connectivity index (χ2n) is 14.5. The fourth-order valence-corrected chi connectivity index (χ4v) is 8.76. The van der Waals surface area contributed by atoms with Crippen molar-refractivity contribution in [2.75, 3.05) is 0 Å². The van der Waals surface area contributed by atoms with Crippen LogP contribution in [0.15, 0.2) is 186 Å². The zero-order chi connectivity index (χ0) is 36.5. The summed E-state index contributed by atoms with van der Waals surface area (Å²) in [6.45, 7) is 2.36. The third-order valence-corrected chi connectivity index (χ3v) is 11.4. The first kappa shape index (κ1) is 31.4. The van der Waals surface area contributed by atoms with E-state index in [-0.39, 0.29) is 5.41 Å². The Balaban J connectivity index is 1.09. The molecule has 0 amide bonds. The first-order valence-corrected chi connectivity index (χ1v) is 18.7. The lowest BCUT2D eigenvalue weighted by Crippen LogP contribution is -2.22. The van der Waals surface area contributed by atoms with Crippen molar-refractivity contribution in [3.63, 3.8) is 0 Å². The Kier molecular flexibility index (Phi) is 6.95. The maximum absolute atomic E-state index is 6.73. The number of benzene rings is 8. The van der Waals surface area contributed by atoms with Crippen LogP contribution in [-0.2, 0) is 5.41 Å². The molecule has 11 rings (SSSR count). The molecule has 0 radical (unpaired) electrons. The number of hydrogen-bond acceptors (Lipinski definition) is 4. The van der Waals surface area contributed by atoms with Gasteiger partial charge in [0.05, 0.1) is 5.56 Å². The van der Waals surface area contributed by atoms with Crippen LogP contribution < -0.4 is 0 Å². The third kappa shape index (κ3) is 4.81. The average molecular weight is 704 g/mol. The van der Waals surface area contributed by atoms with Crippen LogP contribution in [0.1, 0.15) is 23.6 Å². The molecule has 1 atom stereocenters. The van der Waals surface area contributed by atoms with Crippen molar-refractivity contribution < 1.29 is 4.42 Å². The molecule has 4 nitrogen and oxygen atoms in total. The van der Waals surface area contributed by atoms with Crippen molar-refractivity contribution in [3.05, 3.63) is 199 Å². The van der Waals surface area contributed by atoms with Gasteiger partial charge in [-0.2, -0.15) is 0 Å². The zero-order valence-electron chi connectivity index (χ0n) is 30.1. The first-order chi connectivity index (χ1) is 27.1. The number of hydrogen-bond donors (Lipinski definition) is 0. The summed E-state index contributed by atoms with van der Waals surface area (Å²) < 4.78 is 6.73. The fourth-order valence-electron chi connectivity index (χ4n) is 8.76. The Morgan fingerprint density at radius 1 is 0.418 bits per heavy atom. The van der Waals surface area contributed by atoms with Crippen molar-refractivity contribution in [3.8, 4) is 56.4 Å². The van der Waals surface area contributed by atoms with Gasteiger partial charge in [-0.3, -0.25) is 0 Å². The Hall–Kier alpha value is -7.17. The van der Waals surface area contributed by atoms with Crippen LogP contribution in [0.2, 0.25) is 0 Å². The molecule has 0 aliphatic heterocycles. The van der Waals surface area contributed by atoms with E-state index >= 15 is 0 Å². The molecule has 10 aromatic rings. The Morgan fingerprint density at radius 2 is 1.02 bits per heavy atom. The van der Waals surface area contributed by atoms with Gasteiger partial charge in [0, 0.05) is 27.3 Å². The molecule has 55 heavy (non-hydrogen) atoms. The number of fused-ring (bicyclic) bond motifs is 7. The summed E-state index contributed by atoms with van der Waals surface area (Å²) in [5.41, 5.74) is 12.9. The van der Waals surface area contributed by atoms with E-state index in [1.165, 1.54) is 33.4 Å². The minimum Gasteiger partial charge on any atom is -0.455 e. The lowest BCUT2D eigenvalue weighted by molar-refractivity contribution is 0.669. The van der Waals surface area contributed by atoms with Gasteiger partial charge in [-0.25, -0.2) is 15.0 Å². The highest BCUT2D eigenvalue weighted by Crippen LogP contribution is 2.55. The van der Waals surface area contributed by atoms with E-state index in [4.69, 9.17) is 19.4 Å². The smallest absolute Gasteiger partial charge is 0.167 e. The van der Waals surface area contributed by atoms with E-state index in [9.17, 15) is 0 Å². The third-order valence-electron chi connectivity index (χ3n) is 11.4. The molecule has 0 saturated carbocycles. The minimum atomic E-state index is -0.265. The van der Waals surface area contributed by atoms with Crippen molar-refractivity contribution in [1.82, 2.24) is 15.0 Å². The first-order valence-electron chi connectivity index (χ1n) is 18.7. The van der Waals surface area contributed by atoms with Gasteiger partial charge in [0.2, 0.25) is 0 Å². The summed E-state index contributed by atoms with van der Waals surface area (Å²) >= 11 is 0. The molecule has 0 saturated heterocycles. The fraction of sp³-hybridized carbons (Fsp3) is 0.0392. The largest absolute Gasteiger partial charge is 0.455 e. The number of rotatable bonds is 5. The summed E-state index contributed by atoms with van der Waals surface area (Å²) in [5, 5.41) is 4.30. The standard InChI is InChI=1S/C51H33N3O/c1-51(35-19-6-3-7-20-35)43-27-11-10-22-40(43)46-37(23-14-28-44(46)51)34-29-30-45-42(31-34)38-24-13-26-41(47(38)55-45)50-53-48(33-16-4-2-5-17-33)52-49(54-50)39-25-12-18-32-15-8-9-21-36(32)39/h2-31H,1H3. The van der Waals surface area contributed by atoms with Crippen LogP contribution >= 0.6 is 0 Å². The van der Waals surface area contributed by atoms with E-state index in [1.54, 1.807) is 0 Å². The Labute approximate surface area is 318 Å². The van der Waals surface area contributed by atoms with Crippen molar-refractivity contribution >= 4 is 32.7 Å². The van der Waals surface area contributed by atoms with Gasteiger partial charge >= 0.3 is 0 Å². The Bertz CT molecular complexity index is 3110. The van der Waals surface area contributed by atoms with Gasteiger partial charge in [0.1, 0.15) is 11.2 Å². The summed E-state index contributed by atoms with van der Waals surface area (Å²) in [6, 6.07) is 64.1. The van der Waals surface area contributed by atoms with Crippen LogP contribution in [0.25, 0.3) is 89.1 Å². The zero-order valence-corrected chi connectivity index (χ0v) is 30.1. The van der Waals surface area contributed by atoms with Crippen LogP contribution in [0.3, 0.4) is 0 Å². The molecule has 2 aromatic heterocycles. The quantitative estimate of drug-likeness (QED) is 0.179. The van der Waals surface area contributed by atoms with E-state index < -0.39 is 0 Å². The second-order valence-corrected chi connectivity index (χ2v) is 14.5. The van der Waals surface area contributed by atoms with E-state index in [0.29, 0.717) is 17.5 Å². The highest BCUT2D eigenvalue weighted by molar-refractivity contribution is 6.11. The van der Waals surface area contributed by atoms with Gasteiger partial charge in [-0.05, 0) is 74.8 Å². The highest BCUT2D eigenvalue weighted by Gasteiger charge is 2.41. The van der Waals surface area contributed by atoms with E-state index in [2.05, 4.69) is 153 Å². The molecule has 8 aromatic carbocycles. The van der Waals surface area contributed by atoms with Crippen LogP contribution in [0.5, 0.6) is 0 Å². The van der Waals surface area contributed by atoms with E-state index in [0.717, 1.165) is 55.0 Å². The topological polar surface area (TPSA) is 51.8 Å². The van der Waals surface area contributed by atoms with Crippen molar-refractivity contribution in [2.24, 2.45) is 0 Å². The summed E-state index contributed by atoms with van der Waals surface area (Å²) in [4.78, 5) is 15.3. The molecule has 1 unspecified atom stereocenters. The van der Waals surface area contributed by atoms with Gasteiger partial charge < -0.3 is 4.42 Å². The molecular formula is C51H33N3O. The number of nitrogens with zero attached hydrogens (tertiary/aromatic N) is 3. The van der Waals surface area contributed by atoms with Gasteiger partial charge in [0.15, 0.2) is 17.5 Å².